The molecule has 2 aliphatic heterocycles. The van der Waals surface area contributed by atoms with E-state index in [-0.39, 0.29) is 12.5 Å². The summed E-state index contributed by atoms with van der Waals surface area (Å²) in [5, 5.41) is 12.3. The number of rotatable bonds is 5. The number of likely N-dealkylation sites (tertiary alicyclic amines) is 1. The van der Waals surface area contributed by atoms with E-state index >= 15 is 0 Å². The highest BCUT2D eigenvalue weighted by molar-refractivity contribution is 5.90. The van der Waals surface area contributed by atoms with Crippen LogP contribution in [0.1, 0.15) is 37.3 Å². The number of ether oxygens (including phenoxy) is 2. The summed E-state index contributed by atoms with van der Waals surface area (Å²) in [5.41, 5.74) is 4.03. The quantitative estimate of drug-likeness (QED) is 0.705. The molecule has 2 aromatic carbocycles. The number of nitrogens with one attached hydrogen (secondary N) is 1. The molecule has 0 bridgehead atoms. The number of hydrogen-bond acceptors (Lipinski definition) is 5. The summed E-state index contributed by atoms with van der Waals surface area (Å²) in [6, 6.07) is 14.7. The van der Waals surface area contributed by atoms with E-state index in [2.05, 4.69) is 17.4 Å². The smallest absolute Gasteiger partial charge is 0.407 e. The molecule has 0 radical (unpaired) electrons. The molecule has 2 saturated heterocycles. The molecule has 0 spiro atoms. The Morgan fingerprint density at radius 3 is 2.29 bits per heavy atom. The van der Waals surface area contributed by atoms with Crippen molar-refractivity contribution in [3.8, 4) is 11.1 Å². The first kappa shape index (κ1) is 22.4. The average molecular weight is 465 g/mol. The van der Waals surface area contributed by atoms with Gasteiger partial charge in [-0.05, 0) is 28.7 Å². The molecule has 3 aliphatic rings. The van der Waals surface area contributed by atoms with E-state index in [1.165, 1.54) is 4.90 Å². The highest BCUT2D eigenvalue weighted by atomic mass is 16.6. The summed E-state index contributed by atoms with van der Waals surface area (Å²) in [5.74, 6) is -1.51. The lowest BCUT2D eigenvalue weighted by molar-refractivity contribution is -0.177. The van der Waals surface area contributed by atoms with Gasteiger partial charge in [-0.15, -0.1) is 0 Å². The molecule has 0 aromatic heterocycles. The Balaban J connectivity index is 1.22. The highest BCUT2D eigenvalue weighted by Crippen LogP contribution is 2.44. The third-order valence-electron chi connectivity index (χ3n) is 7.13. The summed E-state index contributed by atoms with van der Waals surface area (Å²) in [4.78, 5) is 38.7. The van der Waals surface area contributed by atoms with Gasteiger partial charge in [-0.1, -0.05) is 62.4 Å². The van der Waals surface area contributed by atoms with Crippen molar-refractivity contribution >= 4 is 18.0 Å². The molecular formula is C26H28N2O6. The zero-order valence-electron chi connectivity index (χ0n) is 19.2. The summed E-state index contributed by atoms with van der Waals surface area (Å²) in [7, 11) is 0. The number of carbonyl (C=O) groups is 3. The molecule has 2 N–H and O–H groups in total. The van der Waals surface area contributed by atoms with Crippen LogP contribution in [0.15, 0.2) is 48.5 Å². The number of fused-ring (bicyclic) bond motifs is 3. The van der Waals surface area contributed by atoms with Crippen LogP contribution in [-0.2, 0) is 19.1 Å². The van der Waals surface area contributed by atoms with Crippen LogP contribution >= 0.6 is 0 Å². The summed E-state index contributed by atoms with van der Waals surface area (Å²) < 4.78 is 11.2. The van der Waals surface area contributed by atoms with Gasteiger partial charge in [-0.2, -0.15) is 0 Å². The third-order valence-corrected chi connectivity index (χ3v) is 7.13. The molecule has 2 fully saturated rings. The van der Waals surface area contributed by atoms with Crippen LogP contribution in [-0.4, -0.2) is 65.9 Å². The summed E-state index contributed by atoms with van der Waals surface area (Å²) in [6.07, 6.45) is -1.08. The lowest BCUT2D eigenvalue weighted by Gasteiger charge is -2.52. The SMILES string of the molecule is CC1(C)CN(C(=O)[C@H]2OCC[C@H]2NC(=O)OCC2c3ccccc3-c3ccccc32)C1C(=O)O. The van der Waals surface area contributed by atoms with Crippen LogP contribution in [0.2, 0.25) is 0 Å². The van der Waals surface area contributed by atoms with Gasteiger partial charge in [0.05, 0.1) is 6.04 Å². The Morgan fingerprint density at radius 2 is 1.71 bits per heavy atom. The molecule has 2 aromatic rings. The number of amides is 2. The topological polar surface area (TPSA) is 105 Å². The molecule has 178 valence electrons. The van der Waals surface area contributed by atoms with E-state index < -0.39 is 41.6 Å². The largest absolute Gasteiger partial charge is 0.480 e. The molecule has 3 atom stereocenters. The van der Waals surface area contributed by atoms with Crippen molar-refractivity contribution in [1.29, 1.82) is 0 Å². The first-order valence-corrected chi connectivity index (χ1v) is 11.5. The van der Waals surface area contributed by atoms with E-state index in [1.807, 2.05) is 50.2 Å². The normalized spacial score (nSPS) is 24.6. The molecule has 2 heterocycles. The number of carbonyl (C=O) groups excluding carboxylic acids is 2. The van der Waals surface area contributed by atoms with Gasteiger partial charge in [-0.3, -0.25) is 4.79 Å². The average Bonchev–Trinajstić information content (AvgIpc) is 3.38. The standard InChI is InChI=1S/C26H28N2O6/c1-26(2)14-28(22(26)24(30)31)23(29)21-20(11-12-33-21)27-25(32)34-13-19-17-9-5-3-7-15(17)16-8-4-6-10-18(16)19/h3-10,19-22H,11-14H2,1-2H3,(H,27,32)(H,30,31)/t20-,21+,22?/m1/s1. The fraction of sp³-hybridized carbons (Fsp3) is 0.423. The Bertz CT molecular complexity index is 1100. The highest BCUT2D eigenvalue weighted by Gasteiger charge is 2.55. The maximum atomic E-state index is 13.0. The van der Waals surface area contributed by atoms with Gasteiger partial charge in [0.15, 0.2) is 6.10 Å². The minimum Gasteiger partial charge on any atom is -0.480 e. The van der Waals surface area contributed by atoms with Crippen molar-refractivity contribution in [3.63, 3.8) is 0 Å². The van der Waals surface area contributed by atoms with Crippen LogP contribution in [0, 0.1) is 5.41 Å². The van der Waals surface area contributed by atoms with Gasteiger partial charge < -0.3 is 24.8 Å². The fourth-order valence-corrected chi connectivity index (χ4v) is 5.53. The molecule has 0 saturated carbocycles. The number of aliphatic carboxylic acids is 1. The molecule has 34 heavy (non-hydrogen) atoms. The monoisotopic (exact) mass is 464 g/mol. The summed E-state index contributed by atoms with van der Waals surface area (Å²) in [6.45, 7) is 4.45. The number of hydrogen-bond donors (Lipinski definition) is 2. The van der Waals surface area contributed by atoms with Crippen molar-refractivity contribution in [3.05, 3.63) is 59.7 Å². The zero-order chi connectivity index (χ0) is 24.0. The van der Waals surface area contributed by atoms with E-state index in [9.17, 15) is 19.5 Å². The minimum atomic E-state index is -1.04. The van der Waals surface area contributed by atoms with Crippen LogP contribution in [0.5, 0.6) is 0 Å². The minimum absolute atomic E-state index is 0.0601. The van der Waals surface area contributed by atoms with E-state index in [4.69, 9.17) is 9.47 Å². The summed E-state index contributed by atoms with van der Waals surface area (Å²) >= 11 is 0. The molecule has 1 unspecified atom stereocenters. The van der Waals surface area contributed by atoms with Crippen molar-refractivity contribution in [2.75, 3.05) is 19.8 Å². The number of carboxylic acids is 1. The number of carboxylic acid groups (broad SMARTS) is 1. The molecule has 5 rings (SSSR count). The molecule has 2 amide bonds. The van der Waals surface area contributed by atoms with Crippen molar-refractivity contribution in [2.45, 2.75) is 44.4 Å². The Kier molecular flexibility index (Phi) is 5.56. The Labute approximate surface area is 197 Å². The second kappa shape index (κ2) is 8.43. The molecule has 1 aliphatic carbocycles. The van der Waals surface area contributed by atoms with Gasteiger partial charge >= 0.3 is 12.1 Å². The fourth-order valence-electron chi connectivity index (χ4n) is 5.53. The first-order chi connectivity index (χ1) is 16.3. The van der Waals surface area contributed by atoms with Gasteiger partial charge in [0, 0.05) is 24.5 Å². The van der Waals surface area contributed by atoms with Crippen molar-refractivity contribution < 1.29 is 29.0 Å². The van der Waals surface area contributed by atoms with Gasteiger partial charge in [0.25, 0.3) is 5.91 Å². The maximum Gasteiger partial charge on any atom is 0.407 e. The van der Waals surface area contributed by atoms with E-state index in [0.717, 1.165) is 22.3 Å². The number of benzene rings is 2. The van der Waals surface area contributed by atoms with Gasteiger partial charge in [0.2, 0.25) is 0 Å². The van der Waals surface area contributed by atoms with Crippen LogP contribution < -0.4 is 5.32 Å². The first-order valence-electron chi connectivity index (χ1n) is 11.5. The van der Waals surface area contributed by atoms with E-state index in [0.29, 0.717) is 19.6 Å². The lowest BCUT2D eigenvalue weighted by atomic mass is 9.74. The lowest BCUT2D eigenvalue weighted by Crippen LogP contribution is -2.69. The van der Waals surface area contributed by atoms with Gasteiger partial charge in [0.1, 0.15) is 12.6 Å². The van der Waals surface area contributed by atoms with Gasteiger partial charge in [-0.25, -0.2) is 9.59 Å². The molecular weight excluding hydrogens is 436 g/mol. The molecule has 8 heteroatoms. The molecule has 8 nitrogen and oxygen atoms in total. The van der Waals surface area contributed by atoms with Crippen molar-refractivity contribution in [1.82, 2.24) is 10.2 Å². The number of nitrogens with zero attached hydrogens (tertiary/aromatic N) is 1. The third kappa shape index (κ3) is 3.72. The van der Waals surface area contributed by atoms with Crippen molar-refractivity contribution in [2.24, 2.45) is 5.41 Å². The Morgan fingerprint density at radius 1 is 1.09 bits per heavy atom. The second-order valence-electron chi connectivity index (χ2n) is 9.85. The van der Waals surface area contributed by atoms with E-state index in [1.54, 1.807) is 0 Å². The number of alkyl carbamates (subject to hydrolysis) is 1. The predicted octanol–water partition coefficient (Wildman–Crippen LogP) is 3.00. The second-order valence-corrected chi connectivity index (χ2v) is 9.85. The predicted molar refractivity (Wildman–Crippen MR) is 123 cm³/mol. The van der Waals surface area contributed by atoms with Crippen LogP contribution in [0.4, 0.5) is 4.79 Å². The maximum absolute atomic E-state index is 13.0. The van der Waals surface area contributed by atoms with Crippen LogP contribution in [0.3, 0.4) is 0 Å². The van der Waals surface area contributed by atoms with Crippen LogP contribution in [0.25, 0.3) is 11.1 Å². The zero-order valence-corrected chi connectivity index (χ0v) is 19.2. The Hall–Kier alpha value is -3.39.